The predicted molar refractivity (Wildman–Crippen MR) is 95.9 cm³/mol. The van der Waals surface area contributed by atoms with Crippen molar-refractivity contribution in [3.05, 3.63) is 59.8 Å². The number of anilines is 1. The fourth-order valence-corrected chi connectivity index (χ4v) is 2.74. The Labute approximate surface area is 154 Å². The van der Waals surface area contributed by atoms with Gasteiger partial charge in [0.25, 0.3) is 0 Å². The number of aromatic amines is 1. The molecule has 0 fully saturated rings. The van der Waals surface area contributed by atoms with Gasteiger partial charge in [-0.1, -0.05) is 18.2 Å². The van der Waals surface area contributed by atoms with Crippen molar-refractivity contribution in [2.45, 2.75) is 12.7 Å². The molecule has 0 aliphatic carbocycles. The molecule has 0 bridgehead atoms. The van der Waals surface area contributed by atoms with Crippen LogP contribution in [0.5, 0.6) is 11.5 Å². The highest BCUT2D eigenvalue weighted by Gasteiger charge is 2.30. The van der Waals surface area contributed by atoms with Crippen molar-refractivity contribution >= 4 is 5.69 Å². The van der Waals surface area contributed by atoms with Gasteiger partial charge in [0.05, 0.1) is 37.4 Å². The minimum absolute atomic E-state index is 0.399. The Morgan fingerprint density at radius 3 is 2.41 bits per heavy atom. The normalized spacial score (nSPS) is 11.3. The lowest BCUT2D eigenvalue weighted by molar-refractivity contribution is -0.137. The van der Waals surface area contributed by atoms with E-state index in [9.17, 15) is 13.2 Å². The quantitative estimate of drug-likeness (QED) is 0.652. The summed E-state index contributed by atoms with van der Waals surface area (Å²) in [5.74, 6) is 1.16. The molecular formula is C19H18F3N3O2. The maximum Gasteiger partial charge on any atom is 0.416 e. The lowest BCUT2D eigenvalue weighted by Crippen LogP contribution is -2.04. The number of hydrogen-bond donors (Lipinski definition) is 2. The van der Waals surface area contributed by atoms with Crippen LogP contribution in [0.3, 0.4) is 0 Å². The molecule has 0 atom stereocenters. The third-order valence-corrected chi connectivity index (χ3v) is 4.09. The summed E-state index contributed by atoms with van der Waals surface area (Å²) in [6.07, 6.45) is -2.73. The molecule has 142 valence electrons. The number of nitrogens with zero attached hydrogens (tertiary/aromatic N) is 1. The second-order valence-corrected chi connectivity index (χ2v) is 5.74. The number of nitrogens with one attached hydrogen (secondary N) is 2. The van der Waals surface area contributed by atoms with Crippen LogP contribution in [0, 0.1) is 0 Å². The Hall–Kier alpha value is -3.16. The molecule has 2 N–H and O–H groups in total. The van der Waals surface area contributed by atoms with E-state index in [0.717, 1.165) is 23.4 Å². The minimum Gasteiger partial charge on any atom is -0.493 e. The fourth-order valence-electron chi connectivity index (χ4n) is 2.74. The highest BCUT2D eigenvalue weighted by molar-refractivity contribution is 5.66. The van der Waals surface area contributed by atoms with Gasteiger partial charge < -0.3 is 14.8 Å². The molecular weight excluding hydrogens is 359 g/mol. The van der Waals surface area contributed by atoms with Crippen molar-refractivity contribution in [3.8, 4) is 22.8 Å². The average Bonchev–Trinajstić information content (AvgIpc) is 3.13. The summed E-state index contributed by atoms with van der Waals surface area (Å²) < 4.78 is 48.8. The van der Waals surface area contributed by atoms with Gasteiger partial charge in [-0.05, 0) is 29.8 Å². The molecule has 2 aromatic carbocycles. The average molecular weight is 377 g/mol. The zero-order chi connectivity index (χ0) is 19.4. The van der Waals surface area contributed by atoms with E-state index in [4.69, 9.17) is 9.47 Å². The molecule has 5 nitrogen and oxygen atoms in total. The summed E-state index contributed by atoms with van der Waals surface area (Å²) >= 11 is 0. The molecule has 1 heterocycles. The van der Waals surface area contributed by atoms with Crippen molar-refractivity contribution < 1.29 is 22.6 Å². The lowest BCUT2D eigenvalue weighted by atomic mass is 10.1. The Morgan fingerprint density at radius 2 is 1.78 bits per heavy atom. The summed E-state index contributed by atoms with van der Waals surface area (Å²) in [5.41, 5.74) is 2.12. The van der Waals surface area contributed by atoms with Crippen LogP contribution in [0.15, 0.2) is 48.7 Å². The second kappa shape index (κ2) is 7.61. The molecule has 8 heteroatoms. The van der Waals surface area contributed by atoms with Gasteiger partial charge >= 0.3 is 6.18 Å². The van der Waals surface area contributed by atoms with Gasteiger partial charge in [0.1, 0.15) is 0 Å². The van der Waals surface area contributed by atoms with Crippen molar-refractivity contribution in [2.24, 2.45) is 0 Å². The Balaban J connectivity index is 1.81. The van der Waals surface area contributed by atoms with Crippen molar-refractivity contribution in [1.29, 1.82) is 0 Å². The SMILES string of the molecule is COc1cccc(NCc2cn[nH]c2-c2ccc(C(F)(F)F)cc2)c1OC. The van der Waals surface area contributed by atoms with E-state index in [0.29, 0.717) is 29.3 Å². The van der Waals surface area contributed by atoms with Crippen molar-refractivity contribution in [2.75, 3.05) is 19.5 Å². The van der Waals surface area contributed by atoms with Crippen LogP contribution < -0.4 is 14.8 Å². The standard InChI is InChI=1S/C19H18F3N3O2/c1-26-16-5-3-4-15(18(16)27-2)23-10-13-11-24-25-17(13)12-6-8-14(9-7-12)19(20,21)22/h3-9,11,23H,10H2,1-2H3,(H,24,25). The lowest BCUT2D eigenvalue weighted by Gasteiger charge is -2.14. The first kappa shape index (κ1) is 18.6. The highest BCUT2D eigenvalue weighted by Crippen LogP contribution is 2.35. The van der Waals surface area contributed by atoms with Gasteiger partial charge in [-0.3, -0.25) is 5.10 Å². The number of para-hydroxylation sites is 1. The first-order chi connectivity index (χ1) is 12.9. The molecule has 0 amide bonds. The first-order valence-corrected chi connectivity index (χ1v) is 8.08. The number of hydrogen-bond acceptors (Lipinski definition) is 4. The fraction of sp³-hybridized carbons (Fsp3) is 0.211. The van der Waals surface area contributed by atoms with Crippen LogP contribution in [0.25, 0.3) is 11.3 Å². The third kappa shape index (κ3) is 3.99. The zero-order valence-electron chi connectivity index (χ0n) is 14.7. The molecule has 3 rings (SSSR count). The van der Waals surface area contributed by atoms with Gasteiger partial charge in [0.15, 0.2) is 11.5 Å². The number of alkyl halides is 3. The summed E-state index contributed by atoms with van der Waals surface area (Å²) in [6.45, 7) is 0.399. The predicted octanol–water partition coefficient (Wildman–Crippen LogP) is 4.72. The third-order valence-electron chi connectivity index (χ3n) is 4.09. The van der Waals surface area contributed by atoms with Crippen LogP contribution in [0.1, 0.15) is 11.1 Å². The van der Waals surface area contributed by atoms with Crippen molar-refractivity contribution in [1.82, 2.24) is 10.2 Å². The monoisotopic (exact) mass is 377 g/mol. The molecule has 0 saturated heterocycles. The molecule has 1 aromatic heterocycles. The maximum absolute atomic E-state index is 12.7. The van der Waals surface area contributed by atoms with E-state index >= 15 is 0 Å². The molecule has 0 radical (unpaired) electrons. The van der Waals surface area contributed by atoms with E-state index in [1.807, 2.05) is 12.1 Å². The smallest absolute Gasteiger partial charge is 0.416 e. The number of aromatic nitrogens is 2. The van der Waals surface area contributed by atoms with E-state index in [1.54, 1.807) is 26.5 Å². The Morgan fingerprint density at radius 1 is 1.04 bits per heavy atom. The Bertz CT molecular complexity index is 905. The van der Waals surface area contributed by atoms with Crippen LogP contribution in [0.4, 0.5) is 18.9 Å². The summed E-state index contributed by atoms with van der Waals surface area (Å²) in [5, 5.41) is 10.1. The number of rotatable bonds is 6. The van der Waals surface area contributed by atoms with E-state index in [-0.39, 0.29) is 0 Å². The highest BCUT2D eigenvalue weighted by atomic mass is 19.4. The van der Waals surface area contributed by atoms with E-state index in [1.165, 1.54) is 12.1 Å². The van der Waals surface area contributed by atoms with Gasteiger partial charge in [0.2, 0.25) is 0 Å². The number of H-pyrrole nitrogens is 1. The molecule has 0 aliphatic heterocycles. The topological polar surface area (TPSA) is 59.2 Å². The largest absolute Gasteiger partial charge is 0.493 e. The second-order valence-electron chi connectivity index (χ2n) is 5.74. The van der Waals surface area contributed by atoms with Crippen LogP contribution >= 0.6 is 0 Å². The van der Waals surface area contributed by atoms with Gasteiger partial charge in [-0.25, -0.2) is 0 Å². The first-order valence-electron chi connectivity index (χ1n) is 8.08. The summed E-state index contributed by atoms with van der Waals surface area (Å²) in [4.78, 5) is 0. The molecule has 0 unspecified atom stereocenters. The number of ether oxygens (including phenoxy) is 2. The van der Waals surface area contributed by atoms with Gasteiger partial charge in [0, 0.05) is 12.1 Å². The van der Waals surface area contributed by atoms with Crippen LogP contribution in [-0.4, -0.2) is 24.4 Å². The number of halogens is 3. The Kier molecular flexibility index (Phi) is 5.25. The summed E-state index contributed by atoms with van der Waals surface area (Å²) in [6, 6.07) is 10.4. The van der Waals surface area contributed by atoms with Gasteiger partial charge in [-0.2, -0.15) is 18.3 Å². The number of benzene rings is 2. The number of methoxy groups -OCH3 is 2. The molecule has 27 heavy (non-hydrogen) atoms. The van der Waals surface area contributed by atoms with Crippen LogP contribution in [0.2, 0.25) is 0 Å². The van der Waals surface area contributed by atoms with E-state index < -0.39 is 11.7 Å². The molecule has 0 aliphatic rings. The molecule has 0 saturated carbocycles. The van der Waals surface area contributed by atoms with Gasteiger partial charge in [-0.15, -0.1) is 0 Å². The van der Waals surface area contributed by atoms with E-state index in [2.05, 4.69) is 15.5 Å². The summed E-state index contributed by atoms with van der Waals surface area (Å²) in [7, 11) is 3.11. The van der Waals surface area contributed by atoms with Crippen LogP contribution in [-0.2, 0) is 12.7 Å². The zero-order valence-corrected chi connectivity index (χ0v) is 14.7. The molecule has 0 spiro atoms. The van der Waals surface area contributed by atoms with Crippen molar-refractivity contribution in [3.63, 3.8) is 0 Å². The molecule has 3 aromatic rings. The minimum atomic E-state index is -4.36. The maximum atomic E-state index is 12.7.